The number of carbonyl (C=O) groups excluding carboxylic acids is 1. The molecule has 2 bridgehead atoms. The molecule has 122 valence electrons. The number of fused-ring (bicyclic) bond motifs is 2. The highest BCUT2D eigenvalue weighted by Crippen LogP contribution is 2.32. The minimum Gasteiger partial charge on any atom is -0.494 e. The zero-order chi connectivity index (χ0) is 14.8. The molecule has 2 heterocycles. The van der Waals surface area contributed by atoms with E-state index in [1.165, 1.54) is 32.1 Å². The van der Waals surface area contributed by atoms with Gasteiger partial charge in [0.25, 0.3) is 0 Å². The zero-order valence-electron chi connectivity index (χ0n) is 12.6. The first-order valence-electron chi connectivity index (χ1n) is 7.53. The summed E-state index contributed by atoms with van der Waals surface area (Å²) in [6.07, 6.45) is 5.11. The molecule has 2 fully saturated rings. The van der Waals surface area contributed by atoms with Crippen molar-refractivity contribution in [1.29, 1.82) is 0 Å². The van der Waals surface area contributed by atoms with Gasteiger partial charge in [0.1, 0.15) is 0 Å². The van der Waals surface area contributed by atoms with Crippen LogP contribution in [0.15, 0.2) is 18.2 Å². The standard InChI is InChI=1S/C16H21FN2O2.ClH/c1-21-15-5-4-13(9-14(15)17)19-16(20)8-10-6-11-2-3-12(7-10)18-11;/h4-5,9-12,18H,2-3,6-8H2,1H3,(H,19,20);1H. The molecule has 4 nitrogen and oxygen atoms in total. The maximum atomic E-state index is 13.6. The number of ether oxygens (including phenoxy) is 1. The third kappa shape index (κ3) is 3.90. The summed E-state index contributed by atoms with van der Waals surface area (Å²) in [4.78, 5) is 12.1. The van der Waals surface area contributed by atoms with Crippen LogP contribution < -0.4 is 15.4 Å². The summed E-state index contributed by atoms with van der Waals surface area (Å²) in [6.45, 7) is 0. The van der Waals surface area contributed by atoms with Gasteiger partial charge in [-0.15, -0.1) is 12.4 Å². The van der Waals surface area contributed by atoms with Gasteiger partial charge in [-0.3, -0.25) is 4.79 Å². The summed E-state index contributed by atoms with van der Waals surface area (Å²) in [6, 6.07) is 5.64. The fraction of sp³-hybridized carbons (Fsp3) is 0.562. The Morgan fingerprint density at radius 3 is 2.64 bits per heavy atom. The van der Waals surface area contributed by atoms with Crippen molar-refractivity contribution in [3.63, 3.8) is 0 Å². The number of benzene rings is 1. The Hall–Kier alpha value is -1.33. The Morgan fingerprint density at radius 2 is 2.05 bits per heavy atom. The van der Waals surface area contributed by atoms with Gasteiger partial charge in [0.15, 0.2) is 11.6 Å². The average Bonchev–Trinajstić information content (AvgIpc) is 2.78. The van der Waals surface area contributed by atoms with Crippen LogP contribution in [0.1, 0.15) is 32.1 Å². The van der Waals surface area contributed by atoms with Crippen LogP contribution in [0.3, 0.4) is 0 Å². The summed E-state index contributed by atoms with van der Waals surface area (Å²) in [5.74, 6) is 0.121. The molecule has 0 spiro atoms. The van der Waals surface area contributed by atoms with Crippen LogP contribution >= 0.6 is 12.4 Å². The van der Waals surface area contributed by atoms with Crippen LogP contribution in [0.2, 0.25) is 0 Å². The molecular formula is C16H22ClFN2O2. The molecule has 1 amide bonds. The molecule has 0 radical (unpaired) electrons. The highest BCUT2D eigenvalue weighted by atomic mass is 35.5. The third-order valence-corrected chi connectivity index (χ3v) is 4.48. The van der Waals surface area contributed by atoms with Gasteiger partial charge in [-0.25, -0.2) is 4.39 Å². The van der Waals surface area contributed by atoms with Crippen LogP contribution in [0.25, 0.3) is 0 Å². The lowest BCUT2D eigenvalue weighted by atomic mass is 9.89. The van der Waals surface area contributed by atoms with Crippen LogP contribution in [-0.4, -0.2) is 25.1 Å². The summed E-state index contributed by atoms with van der Waals surface area (Å²) in [7, 11) is 1.42. The Balaban J connectivity index is 0.00000176. The predicted octanol–water partition coefficient (Wildman–Crippen LogP) is 3.12. The molecule has 2 N–H and O–H groups in total. The van der Waals surface area contributed by atoms with E-state index in [0.717, 1.165) is 12.8 Å². The maximum absolute atomic E-state index is 13.6. The van der Waals surface area contributed by atoms with E-state index in [0.29, 0.717) is 30.1 Å². The van der Waals surface area contributed by atoms with E-state index in [4.69, 9.17) is 4.74 Å². The van der Waals surface area contributed by atoms with E-state index in [-0.39, 0.29) is 24.1 Å². The first-order chi connectivity index (χ1) is 10.1. The van der Waals surface area contributed by atoms with E-state index in [1.807, 2.05) is 0 Å². The van der Waals surface area contributed by atoms with Crippen LogP contribution in [0, 0.1) is 11.7 Å². The van der Waals surface area contributed by atoms with Gasteiger partial charge in [0.2, 0.25) is 5.91 Å². The Bertz CT molecular complexity index is 529. The second-order valence-corrected chi connectivity index (χ2v) is 6.08. The van der Waals surface area contributed by atoms with E-state index in [2.05, 4.69) is 10.6 Å². The lowest BCUT2D eigenvalue weighted by Gasteiger charge is -2.28. The Labute approximate surface area is 136 Å². The molecule has 2 aliphatic heterocycles. The van der Waals surface area contributed by atoms with Crippen molar-refractivity contribution in [3.8, 4) is 5.75 Å². The third-order valence-electron chi connectivity index (χ3n) is 4.48. The number of rotatable bonds is 4. The van der Waals surface area contributed by atoms with Crippen LogP contribution in [0.4, 0.5) is 10.1 Å². The van der Waals surface area contributed by atoms with Crippen LogP contribution in [0.5, 0.6) is 5.75 Å². The summed E-state index contributed by atoms with van der Waals surface area (Å²) < 4.78 is 18.4. The van der Waals surface area contributed by atoms with Gasteiger partial charge in [-0.2, -0.15) is 0 Å². The first kappa shape index (κ1) is 17.0. The summed E-state index contributed by atoms with van der Waals surface area (Å²) in [5, 5.41) is 6.34. The van der Waals surface area contributed by atoms with E-state index >= 15 is 0 Å². The summed E-state index contributed by atoms with van der Waals surface area (Å²) in [5.41, 5.74) is 0.482. The van der Waals surface area contributed by atoms with Gasteiger partial charge < -0.3 is 15.4 Å². The molecule has 2 atom stereocenters. The molecule has 2 unspecified atom stereocenters. The molecular weight excluding hydrogens is 307 g/mol. The normalized spacial score (nSPS) is 26.2. The molecule has 1 aromatic carbocycles. The number of amides is 1. The number of halogens is 2. The van der Waals surface area contributed by atoms with Gasteiger partial charge in [0.05, 0.1) is 7.11 Å². The number of hydrogen-bond donors (Lipinski definition) is 2. The van der Waals surface area contributed by atoms with Crippen molar-refractivity contribution in [3.05, 3.63) is 24.0 Å². The molecule has 2 aliphatic rings. The van der Waals surface area contributed by atoms with Crippen molar-refractivity contribution in [2.45, 2.75) is 44.2 Å². The lowest BCUT2D eigenvalue weighted by Crippen LogP contribution is -2.39. The Kier molecular flexibility index (Phi) is 5.64. The highest BCUT2D eigenvalue weighted by molar-refractivity contribution is 5.90. The molecule has 6 heteroatoms. The van der Waals surface area contributed by atoms with Gasteiger partial charge in [-0.1, -0.05) is 0 Å². The smallest absolute Gasteiger partial charge is 0.224 e. The molecule has 0 aliphatic carbocycles. The fourth-order valence-electron chi connectivity index (χ4n) is 3.56. The number of anilines is 1. The van der Waals surface area contributed by atoms with Crippen molar-refractivity contribution in [2.75, 3.05) is 12.4 Å². The minimum absolute atomic E-state index is 0. The topological polar surface area (TPSA) is 50.4 Å². The molecule has 22 heavy (non-hydrogen) atoms. The van der Waals surface area contributed by atoms with Crippen molar-refractivity contribution in [2.24, 2.45) is 5.92 Å². The summed E-state index contributed by atoms with van der Waals surface area (Å²) >= 11 is 0. The number of nitrogens with one attached hydrogen (secondary N) is 2. The van der Waals surface area contributed by atoms with Gasteiger partial charge in [-0.05, 0) is 43.7 Å². The molecule has 3 rings (SSSR count). The first-order valence-corrected chi connectivity index (χ1v) is 7.53. The highest BCUT2D eigenvalue weighted by Gasteiger charge is 2.34. The van der Waals surface area contributed by atoms with E-state index < -0.39 is 5.82 Å². The van der Waals surface area contributed by atoms with Gasteiger partial charge in [0, 0.05) is 30.3 Å². The molecule has 0 aromatic heterocycles. The molecule has 0 saturated carbocycles. The van der Waals surface area contributed by atoms with E-state index in [1.54, 1.807) is 6.07 Å². The fourth-order valence-corrected chi connectivity index (χ4v) is 3.56. The average molecular weight is 329 g/mol. The van der Waals surface area contributed by atoms with Crippen molar-refractivity contribution >= 4 is 24.0 Å². The van der Waals surface area contributed by atoms with Crippen molar-refractivity contribution < 1.29 is 13.9 Å². The zero-order valence-corrected chi connectivity index (χ0v) is 13.4. The molecule has 2 saturated heterocycles. The second-order valence-electron chi connectivity index (χ2n) is 6.08. The maximum Gasteiger partial charge on any atom is 0.224 e. The van der Waals surface area contributed by atoms with Gasteiger partial charge >= 0.3 is 0 Å². The van der Waals surface area contributed by atoms with Crippen LogP contribution in [-0.2, 0) is 4.79 Å². The predicted molar refractivity (Wildman–Crippen MR) is 86.1 cm³/mol. The Morgan fingerprint density at radius 1 is 1.36 bits per heavy atom. The molecule has 1 aromatic rings. The number of hydrogen-bond acceptors (Lipinski definition) is 3. The monoisotopic (exact) mass is 328 g/mol. The van der Waals surface area contributed by atoms with E-state index in [9.17, 15) is 9.18 Å². The number of methoxy groups -OCH3 is 1. The second kappa shape index (κ2) is 7.29. The minimum atomic E-state index is -0.463. The quantitative estimate of drug-likeness (QED) is 0.893. The number of carbonyl (C=O) groups is 1. The van der Waals surface area contributed by atoms with Crippen molar-refractivity contribution in [1.82, 2.24) is 5.32 Å². The largest absolute Gasteiger partial charge is 0.494 e. The SMILES string of the molecule is COc1ccc(NC(=O)CC2CC3CCC(C2)N3)cc1F.Cl. The number of piperidine rings is 1. The lowest BCUT2D eigenvalue weighted by molar-refractivity contribution is -0.117.